The number of carbonyl (C=O) groups is 2. The molecule has 1 aromatic carbocycles. The van der Waals surface area contributed by atoms with Gasteiger partial charge in [0.15, 0.2) is 0 Å². The number of esters is 1. The number of carbonyl (C=O) groups excluding carboxylic acids is 2. The highest BCUT2D eigenvalue weighted by Gasteiger charge is 2.23. The zero-order chi connectivity index (χ0) is 21.4. The fourth-order valence-electron chi connectivity index (χ4n) is 2.73. The molecular formula is C20H26N2O5S2. The summed E-state index contributed by atoms with van der Waals surface area (Å²) in [5, 5.41) is 4.77. The first-order valence-corrected chi connectivity index (χ1v) is 11.8. The van der Waals surface area contributed by atoms with E-state index in [0.29, 0.717) is 29.2 Å². The lowest BCUT2D eigenvalue weighted by molar-refractivity contribution is 0.0528. The van der Waals surface area contributed by atoms with Crippen LogP contribution in [0.5, 0.6) is 0 Å². The van der Waals surface area contributed by atoms with Crippen LogP contribution in [0.3, 0.4) is 0 Å². The molecule has 158 valence electrons. The number of ether oxygens (including phenoxy) is 1. The lowest BCUT2D eigenvalue weighted by atomic mass is 10.2. The summed E-state index contributed by atoms with van der Waals surface area (Å²) in [5.41, 5.74) is 0.587. The van der Waals surface area contributed by atoms with Crippen LogP contribution in [0.2, 0.25) is 0 Å². The number of nitrogens with zero attached hydrogens (tertiary/aromatic N) is 1. The monoisotopic (exact) mass is 438 g/mol. The number of hydrogen-bond donors (Lipinski definition) is 1. The average molecular weight is 439 g/mol. The van der Waals surface area contributed by atoms with Crippen molar-refractivity contribution in [2.45, 2.75) is 38.5 Å². The van der Waals surface area contributed by atoms with Crippen molar-refractivity contribution in [2.75, 3.05) is 25.0 Å². The molecule has 1 amide bonds. The van der Waals surface area contributed by atoms with E-state index in [9.17, 15) is 18.0 Å². The quantitative estimate of drug-likeness (QED) is 0.566. The van der Waals surface area contributed by atoms with Gasteiger partial charge in [0.05, 0.1) is 17.1 Å². The summed E-state index contributed by atoms with van der Waals surface area (Å²) in [6, 6.07) is 7.39. The smallest absolute Gasteiger partial charge is 0.341 e. The molecule has 0 atom stereocenters. The first-order chi connectivity index (χ1) is 13.8. The molecular weight excluding hydrogens is 412 g/mol. The van der Waals surface area contributed by atoms with Crippen LogP contribution in [0.15, 0.2) is 40.6 Å². The number of hydrogen-bond acceptors (Lipinski definition) is 6. The minimum atomic E-state index is -3.60. The summed E-state index contributed by atoms with van der Waals surface area (Å²) in [7, 11) is -3.60. The molecule has 0 bridgehead atoms. The van der Waals surface area contributed by atoms with E-state index in [1.165, 1.54) is 39.9 Å². The summed E-state index contributed by atoms with van der Waals surface area (Å²) >= 11 is 1.21. The van der Waals surface area contributed by atoms with Crippen LogP contribution in [0.1, 0.15) is 54.3 Å². The van der Waals surface area contributed by atoms with E-state index in [-0.39, 0.29) is 11.5 Å². The van der Waals surface area contributed by atoms with Crippen LogP contribution in [0.25, 0.3) is 0 Å². The fourth-order valence-corrected chi connectivity index (χ4v) is 5.12. The van der Waals surface area contributed by atoms with Gasteiger partial charge in [0.2, 0.25) is 10.0 Å². The summed E-state index contributed by atoms with van der Waals surface area (Å²) in [4.78, 5) is 24.6. The van der Waals surface area contributed by atoms with Gasteiger partial charge in [0, 0.05) is 18.7 Å². The molecule has 0 aliphatic heterocycles. The van der Waals surface area contributed by atoms with Gasteiger partial charge in [-0.15, -0.1) is 11.3 Å². The van der Waals surface area contributed by atoms with E-state index in [2.05, 4.69) is 5.32 Å². The van der Waals surface area contributed by atoms with E-state index in [1.807, 2.05) is 13.8 Å². The normalized spacial score (nSPS) is 11.4. The summed E-state index contributed by atoms with van der Waals surface area (Å²) < 4.78 is 32.0. The van der Waals surface area contributed by atoms with Crippen molar-refractivity contribution in [2.24, 2.45) is 0 Å². The predicted molar refractivity (Wildman–Crippen MR) is 114 cm³/mol. The Hall–Kier alpha value is -2.23. The van der Waals surface area contributed by atoms with Gasteiger partial charge in [0.25, 0.3) is 5.91 Å². The van der Waals surface area contributed by atoms with Crippen LogP contribution >= 0.6 is 11.3 Å². The summed E-state index contributed by atoms with van der Waals surface area (Å²) in [6.07, 6.45) is 1.45. The van der Waals surface area contributed by atoms with Gasteiger partial charge in [-0.05, 0) is 55.5 Å². The molecule has 0 spiro atoms. The molecule has 0 radical (unpaired) electrons. The SMILES string of the molecule is CCCN(CCC)S(=O)(=O)c1ccc(C(=O)Nc2sccc2C(=O)OCC)cc1. The fraction of sp³-hybridized carbons (Fsp3) is 0.400. The Balaban J connectivity index is 2.17. The highest BCUT2D eigenvalue weighted by atomic mass is 32.2. The third-order valence-corrected chi connectivity index (χ3v) is 6.83. The highest BCUT2D eigenvalue weighted by Crippen LogP contribution is 2.25. The third kappa shape index (κ3) is 5.65. The minimum absolute atomic E-state index is 0.152. The van der Waals surface area contributed by atoms with Gasteiger partial charge >= 0.3 is 5.97 Å². The van der Waals surface area contributed by atoms with Crippen molar-refractivity contribution in [1.29, 1.82) is 0 Å². The third-order valence-electron chi connectivity index (χ3n) is 4.09. The van der Waals surface area contributed by atoms with Crippen molar-refractivity contribution in [3.8, 4) is 0 Å². The Morgan fingerprint density at radius 1 is 1.03 bits per heavy atom. The maximum absolute atomic E-state index is 12.8. The van der Waals surface area contributed by atoms with Crippen LogP contribution in [-0.2, 0) is 14.8 Å². The van der Waals surface area contributed by atoms with Crippen LogP contribution < -0.4 is 5.32 Å². The molecule has 0 fully saturated rings. The van der Waals surface area contributed by atoms with Crippen molar-refractivity contribution >= 4 is 38.2 Å². The van der Waals surface area contributed by atoms with E-state index in [1.54, 1.807) is 18.4 Å². The van der Waals surface area contributed by atoms with E-state index in [4.69, 9.17) is 4.74 Å². The van der Waals surface area contributed by atoms with Crippen molar-refractivity contribution in [3.63, 3.8) is 0 Å². The molecule has 29 heavy (non-hydrogen) atoms. The molecule has 9 heteroatoms. The summed E-state index contributed by atoms with van der Waals surface area (Å²) in [6.45, 7) is 6.72. The second kappa shape index (κ2) is 10.5. The van der Waals surface area contributed by atoms with E-state index >= 15 is 0 Å². The maximum atomic E-state index is 12.8. The second-order valence-corrected chi connectivity index (χ2v) is 9.12. The van der Waals surface area contributed by atoms with E-state index < -0.39 is 21.9 Å². The highest BCUT2D eigenvalue weighted by molar-refractivity contribution is 7.89. The largest absolute Gasteiger partial charge is 0.462 e. The number of benzene rings is 1. The number of sulfonamides is 1. The molecule has 0 aliphatic carbocycles. The van der Waals surface area contributed by atoms with Crippen molar-refractivity contribution in [1.82, 2.24) is 4.31 Å². The molecule has 0 aliphatic rings. The first-order valence-electron chi connectivity index (χ1n) is 9.51. The van der Waals surface area contributed by atoms with Crippen LogP contribution in [-0.4, -0.2) is 44.3 Å². The number of nitrogens with one attached hydrogen (secondary N) is 1. The van der Waals surface area contributed by atoms with Gasteiger partial charge < -0.3 is 10.1 Å². The Kier molecular flexibility index (Phi) is 8.36. The lowest BCUT2D eigenvalue weighted by Crippen LogP contribution is -2.32. The Morgan fingerprint density at radius 2 is 1.66 bits per heavy atom. The molecule has 1 aromatic heterocycles. The van der Waals surface area contributed by atoms with Gasteiger partial charge in [-0.3, -0.25) is 4.79 Å². The molecule has 7 nitrogen and oxygen atoms in total. The van der Waals surface area contributed by atoms with Crippen LogP contribution in [0, 0.1) is 0 Å². The average Bonchev–Trinajstić information content (AvgIpc) is 3.16. The Labute approximate surface area is 175 Å². The van der Waals surface area contributed by atoms with Gasteiger partial charge in [-0.25, -0.2) is 13.2 Å². The second-order valence-electron chi connectivity index (χ2n) is 6.27. The molecule has 0 unspecified atom stereocenters. The molecule has 2 rings (SSSR count). The number of amides is 1. The van der Waals surface area contributed by atoms with Gasteiger partial charge in [-0.2, -0.15) is 4.31 Å². The molecule has 2 aromatic rings. The topological polar surface area (TPSA) is 92.8 Å². The number of thiophene rings is 1. The molecule has 1 N–H and O–H groups in total. The first kappa shape index (κ1) is 23.1. The number of rotatable bonds is 10. The van der Waals surface area contributed by atoms with Crippen molar-refractivity contribution in [3.05, 3.63) is 46.8 Å². The predicted octanol–water partition coefficient (Wildman–Crippen LogP) is 3.99. The standard InChI is InChI=1S/C20H26N2O5S2/c1-4-12-22(13-5-2)29(25,26)16-9-7-15(8-10-16)18(23)21-19-17(11-14-28-19)20(24)27-6-3/h7-11,14H,4-6,12-13H2,1-3H3,(H,21,23). The molecule has 1 heterocycles. The van der Waals surface area contributed by atoms with E-state index in [0.717, 1.165) is 12.8 Å². The van der Waals surface area contributed by atoms with Gasteiger partial charge in [-0.1, -0.05) is 13.8 Å². The zero-order valence-electron chi connectivity index (χ0n) is 16.8. The number of anilines is 1. The van der Waals surface area contributed by atoms with Gasteiger partial charge in [0.1, 0.15) is 5.00 Å². The van der Waals surface area contributed by atoms with Crippen molar-refractivity contribution < 1.29 is 22.7 Å². The minimum Gasteiger partial charge on any atom is -0.462 e. The Morgan fingerprint density at radius 3 is 2.21 bits per heavy atom. The summed E-state index contributed by atoms with van der Waals surface area (Å²) in [5.74, 6) is -0.932. The maximum Gasteiger partial charge on any atom is 0.341 e. The zero-order valence-corrected chi connectivity index (χ0v) is 18.4. The Bertz CT molecular complexity index is 930. The molecule has 0 saturated carbocycles. The molecule has 0 saturated heterocycles. The lowest BCUT2D eigenvalue weighted by Gasteiger charge is -2.21. The van der Waals surface area contributed by atoms with Crippen LogP contribution in [0.4, 0.5) is 5.00 Å².